The Kier molecular flexibility index (Phi) is 6.06. The van der Waals surface area contributed by atoms with Gasteiger partial charge in [0.1, 0.15) is 12.4 Å². The summed E-state index contributed by atoms with van der Waals surface area (Å²) in [5, 5.41) is 11.6. The molecule has 0 atom stereocenters. The maximum absolute atomic E-state index is 12.3. The lowest BCUT2D eigenvalue weighted by molar-refractivity contribution is -0.115. The first kappa shape index (κ1) is 19.6. The predicted octanol–water partition coefficient (Wildman–Crippen LogP) is 4.45. The molecule has 7 heteroatoms. The summed E-state index contributed by atoms with van der Waals surface area (Å²) in [5.41, 5.74) is 2.76. The summed E-state index contributed by atoms with van der Waals surface area (Å²) in [4.78, 5) is 30.4. The molecule has 0 unspecified atom stereocenters. The van der Waals surface area contributed by atoms with Crippen molar-refractivity contribution in [2.24, 2.45) is 0 Å². The van der Waals surface area contributed by atoms with Crippen molar-refractivity contribution in [2.45, 2.75) is 26.9 Å². The number of phenols is 1. The highest BCUT2D eigenvalue weighted by molar-refractivity contribution is 7.14. The molecule has 0 aliphatic carbocycles. The molecule has 28 heavy (non-hydrogen) atoms. The molecule has 0 spiro atoms. The first-order chi connectivity index (χ1) is 13.5. The average molecular weight is 396 g/mol. The van der Waals surface area contributed by atoms with E-state index in [-0.39, 0.29) is 18.3 Å². The van der Waals surface area contributed by atoms with Crippen LogP contribution in [-0.4, -0.2) is 22.0 Å². The van der Waals surface area contributed by atoms with Gasteiger partial charge < -0.3 is 9.84 Å². The Labute approximate surface area is 167 Å². The molecular formula is C21H20N2O4S. The van der Waals surface area contributed by atoms with Gasteiger partial charge in [0, 0.05) is 12.3 Å². The molecule has 1 heterocycles. The fraction of sp³-hybridized carbons (Fsp3) is 0.190. The molecular weight excluding hydrogens is 376 g/mol. The van der Waals surface area contributed by atoms with Crippen molar-refractivity contribution in [2.75, 3.05) is 4.90 Å². The van der Waals surface area contributed by atoms with E-state index in [9.17, 15) is 14.7 Å². The Balaban J connectivity index is 1.75. The van der Waals surface area contributed by atoms with E-state index >= 15 is 0 Å². The van der Waals surface area contributed by atoms with Crippen molar-refractivity contribution < 1.29 is 19.4 Å². The van der Waals surface area contributed by atoms with Crippen molar-refractivity contribution >= 4 is 34.0 Å². The lowest BCUT2D eigenvalue weighted by Gasteiger charge is -2.20. The van der Waals surface area contributed by atoms with Gasteiger partial charge in [-0.05, 0) is 42.3 Å². The molecule has 0 radical (unpaired) electrons. The van der Waals surface area contributed by atoms with Gasteiger partial charge >= 0.3 is 5.97 Å². The van der Waals surface area contributed by atoms with Crippen molar-refractivity contribution in [3.63, 3.8) is 0 Å². The number of aromatic nitrogens is 1. The van der Waals surface area contributed by atoms with E-state index in [1.165, 1.54) is 42.5 Å². The summed E-state index contributed by atoms with van der Waals surface area (Å²) in [5.74, 6) is -0.561. The third kappa shape index (κ3) is 4.37. The highest BCUT2D eigenvalue weighted by Gasteiger charge is 2.20. The highest BCUT2D eigenvalue weighted by Crippen LogP contribution is 2.31. The fourth-order valence-corrected chi connectivity index (χ4v) is 3.59. The van der Waals surface area contributed by atoms with Gasteiger partial charge in [0.25, 0.3) is 0 Å². The van der Waals surface area contributed by atoms with Gasteiger partial charge in [-0.1, -0.05) is 25.1 Å². The first-order valence-electron chi connectivity index (χ1n) is 8.78. The quantitative estimate of drug-likeness (QED) is 0.623. The number of ether oxygens (including phenoxy) is 1. The molecule has 0 saturated heterocycles. The van der Waals surface area contributed by atoms with Crippen LogP contribution in [0.1, 0.15) is 35.5 Å². The van der Waals surface area contributed by atoms with E-state index in [1.807, 2.05) is 31.2 Å². The number of aryl methyl sites for hydroxylation is 1. The van der Waals surface area contributed by atoms with Crippen LogP contribution < -0.4 is 4.90 Å². The zero-order chi connectivity index (χ0) is 20.1. The van der Waals surface area contributed by atoms with Crippen LogP contribution in [0.5, 0.6) is 5.75 Å². The number of benzene rings is 2. The number of rotatable bonds is 6. The first-order valence-corrected chi connectivity index (χ1v) is 9.66. The van der Waals surface area contributed by atoms with Crippen LogP contribution in [0, 0.1) is 0 Å². The number of carbonyl (C=O) groups is 2. The number of aromatic hydroxyl groups is 1. The molecule has 1 amide bonds. The summed E-state index contributed by atoms with van der Waals surface area (Å²) in [7, 11) is 0. The lowest BCUT2D eigenvalue weighted by Crippen LogP contribution is -2.23. The number of phenolic OH excluding ortho intramolecular Hbond substituents is 1. The molecule has 3 rings (SSSR count). The minimum atomic E-state index is -0.505. The minimum absolute atomic E-state index is 0.00260. The molecule has 0 saturated carbocycles. The van der Waals surface area contributed by atoms with E-state index < -0.39 is 5.97 Å². The van der Waals surface area contributed by atoms with Crippen LogP contribution in [0.25, 0.3) is 0 Å². The summed E-state index contributed by atoms with van der Waals surface area (Å²) in [6, 6.07) is 13.5. The molecule has 1 N–H and O–H groups in total. The number of hydrogen-bond donors (Lipinski definition) is 1. The van der Waals surface area contributed by atoms with Gasteiger partial charge in [0.15, 0.2) is 5.13 Å². The molecule has 2 aromatic carbocycles. The Morgan fingerprint density at radius 2 is 1.86 bits per heavy atom. The fourth-order valence-electron chi connectivity index (χ4n) is 2.72. The molecule has 0 aliphatic heterocycles. The zero-order valence-corrected chi connectivity index (χ0v) is 16.4. The maximum atomic E-state index is 12.3. The van der Waals surface area contributed by atoms with Gasteiger partial charge in [-0.25, -0.2) is 9.78 Å². The highest BCUT2D eigenvalue weighted by atomic mass is 32.1. The minimum Gasteiger partial charge on any atom is -0.508 e. The van der Waals surface area contributed by atoms with Gasteiger partial charge in [0.2, 0.25) is 5.91 Å². The van der Waals surface area contributed by atoms with Crippen molar-refractivity contribution in [1.82, 2.24) is 4.98 Å². The number of para-hydroxylation sites is 1. The molecule has 144 valence electrons. The number of esters is 1. The largest absolute Gasteiger partial charge is 0.508 e. The second kappa shape index (κ2) is 8.67. The Morgan fingerprint density at radius 1 is 1.14 bits per heavy atom. The van der Waals surface area contributed by atoms with Crippen LogP contribution in [-0.2, 0) is 22.6 Å². The lowest BCUT2D eigenvalue weighted by atomic mass is 10.1. The number of anilines is 2. The monoisotopic (exact) mass is 396 g/mol. The Bertz CT molecular complexity index is 982. The zero-order valence-electron chi connectivity index (χ0n) is 15.6. The average Bonchev–Trinajstić information content (AvgIpc) is 3.15. The van der Waals surface area contributed by atoms with Crippen LogP contribution in [0.15, 0.2) is 53.9 Å². The summed E-state index contributed by atoms with van der Waals surface area (Å²) in [6.07, 6.45) is 0.794. The Hall–Kier alpha value is -3.19. The van der Waals surface area contributed by atoms with Crippen molar-refractivity contribution in [1.29, 1.82) is 0 Å². The molecule has 6 nitrogen and oxygen atoms in total. The van der Waals surface area contributed by atoms with Crippen molar-refractivity contribution in [3.05, 3.63) is 70.7 Å². The summed E-state index contributed by atoms with van der Waals surface area (Å²) < 4.78 is 5.28. The van der Waals surface area contributed by atoms with E-state index in [2.05, 4.69) is 4.98 Å². The van der Waals surface area contributed by atoms with Crippen LogP contribution >= 0.6 is 11.3 Å². The van der Waals surface area contributed by atoms with E-state index in [1.54, 1.807) is 10.3 Å². The standard InChI is InChI=1S/C21H20N2O4S/c1-3-15-6-4-5-7-19(15)23(14(2)24)21-22-17(13-28-21)12-27-20(26)16-8-10-18(25)11-9-16/h4-11,13,25H,3,12H2,1-2H3. The second-order valence-electron chi connectivity index (χ2n) is 6.08. The maximum Gasteiger partial charge on any atom is 0.338 e. The van der Waals surface area contributed by atoms with E-state index in [4.69, 9.17) is 4.74 Å². The molecule has 3 aromatic rings. The summed E-state index contributed by atoms with van der Waals surface area (Å²) >= 11 is 1.32. The van der Waals surface area contributed by atoms with Gasteiger partial charge in [-0.15, -0.1) is 11.3 Å². The van der Waals surface area contributed by atoms with Crippen LogP contribution in [0.3, 0.4) is 0 Å². The van der Waals surface area contributed by atoms with E-state index in [0.29, 0.717) is 16.4 Å². The molecule has 0 fully saturated rings. The third-order valence-corrected chi connectivity index (χ3v) is 4.99. The van der Waals surface area contributed by atoms with E-state index in [0.717, 1.165) is 17.7 Å². The topological polar surface area (TPSA) is 79.7 Å². The Morgan fingerprint density at radius 3 is 2.54 bits per heavy atom. The number of nitrogens with zero attached hydrogens (tertiary/aromatic N) is 2. The molecule has 0 aliphatic rings. The van der Waals surface area contributed by atoms with Crippen LogP contribution in [0.2, 0.25) is 0 Å². The second-order valence-corrected chi connectivity index (χ2v) is 6.92. The normalized spacial score (nSPS) is 10.5. The SMILES string of the molecule is CCc1ccccc1N(C(C)=O)c1nc(COC(=O)c2ccc(O)cc2)cs1. The predicted molar refractivity (Wildman–Crippen MR) is 108 cm³/mol. The number of carbonyl (C=O) groups excluding carboxylic acids is 2. The smallest absolute Gasteiger partial charge is 0.338 e. The van der Waals surface area contributed by atoms with Gasteiger partial charge in [-0.2, -0.15) is 0 Å². The third-order valence-electron chi connectivity index (χ3n) is 4.11. The number of amides is 1. The van der Waals surface area contributed by atoms with Gasteiger partial charge in [0.05, 0.1) is 16.9 Å². The molecule has 1 aromatic heterocycles. The molecule has 0 bridgehead atoms. The number of thiazole rings is 1. The van der Waals surface area contributed by atoms with Crippen LogP contribution in [0.4, 0.5) is 10.8 Å². The number of hydrogen-bond acceptors (Lipinski definition) is 6. The summed E-state index contributed by atoms with van der Waals surface area (Å²) in [6.45, 7) is 3.53. The van der Waals surface area contributed by atoms with Crippen molar-refractivity contribution in [3.8, 4) is 5.75 Å². The van der Waals surface area contributed by atoms with Gasteiger partial charge in [-0.3, -0.25) is 9.69 Å².